The molecule has 1 rings (SSSR count). The van der Waals surface area contributed by atoms with E-state index < -0.39 is 0 Å². The van der Waals surface area contributed by atoms with Gasteiger partial charge in [0.05, 0.1) is 0 Å². The minimum absolute atomic E-state index is 0. The van der Waals surface area contributed by atoms with Crippen LogP contribution in [0.1, 0.15) is 5.56 Å². The van der Waals surface area contributed by atoms with Gasteiger partial charge in [-0.2, -0.15) is 24.3 Å². The van der Waals surface area contributed by atoms with Crippen LogP contribution in [0.2, 0.25) is 0 Å². The number of benzene rings is 1. The van der Waals surface area contributed by atoms with Gasteiger partial charge in [0.2, 0.25) is 0 Å². The molecule has 1 nitrogen and oxygen atoms in total. The Hall–Kier alpha value is -0.357. The molecule has 0 saturated carbocycles. The average Bonchev–Trinajstić information content (AvgIpc) is 1.77. The van der Waals surface area contributed by atoms with Gasteiger partial charge in [0.25, 0.3) is 0 Å². The Bertz CT molecular complexity index is 165. The fourth-order valence-electron chi connectivity index (χ4n) is 0.521. The number of hydrogen-bond acceptors (Lipinski definition) is 1. The quantitative estimate of drug-likeness (QED) is 0.356. The molecule has 44 valence electrons. The molecule has 0 unspecified atom stereocenters. The summed E-state index contributed by atoms with van der Waals surface area (Å²) in [4.78, 5) is 0. The van der Waals surface area contributed by atoms with Crippen molar-refractivity contribution < 1.29 is 19.5 Å². The SMILES string of the molecule is Cc1cc[c-]cc1N.[Zn]. The third-order valence-electron chi connectivity index (χ3n) is 1.12. The molecule has 0 fully saturated rings. The Morgan fingerprint density at radius 2 is 2.22 bits per heavy atom. The van der Waals surface area contributed by atoms with Gasteiger partial charge >= 0.3 is 0 Å². The Labute approximate surface area is 68.0 Å². The van der Waals surface area contributed by atoms with Crippen molar-refractivity contribution in [1.29, 1.82) is 0 Å². The first kappa shape index (κ1) is 8.64. The summed E-state index contributed by atoms with van der Waals surface area (Å²) in [6, 6.07) is 8.44. The summed E-state index contributed by atoms with van der Waals surface area (Å²) in [5.41, 5.74) is 7.42. The number of rotatable bonds is 0. The number of nitrogen functional groups attached to an aromatic ring is 1. The van der Waals surface area contributed by atoms with E-state index in [-0.39, 0.29) is 19.5 Å². The average molecular weight is 172 g/mol. The molecule has 1 aromatic carbocycles. The number of aryl methyl sites for hydroxylation is 1. The molecule has 0 spiro atoms. The van der Waals surface area contributed by atoms with E-state index in [9.17, 15) is 0 Å². The van der Waals surface area contributed by atoms with Crippen LogP contribution in [0, 0.1) is 13.0 Å². The fraction of sp³-hybridized carbons (Fsp3) is 0.143. The van der Waals surface area contributed by atoms with Crippen molar-refractivity contribution in [1.82, 2.24) is 0 Å². The van der Waals surface area contributed by atoms with Gasteiger partial charge in [-0.3, -0.25) is 0 Å². The summed E-state index contributed by atoms with van der Waals surface area (Å²) in [5, 5.41) is 0. The Morgan fingerprint density at radius 1 is 1.56 bits per heavy atom. The second-order valence-corrected chi connectivity index (χ2v) is 1.78. The predicted octanol–water partition coefficient (Wildman–Crippen LogP) is 1.37. The first-order valence-electron chi connectivity index (χ1n) is 2.53. The van der Waals surface area contributed by atoms with E-state index >= 15 is 0 Å². The molecular formula is C7H8NZn-. The molecule has 0 radical (unpaired) electrons. The maximum absolute atomic E-state index is 5.49. The zero-order valence-corrected chi connectivity index (χ0v) is 8.48. The molecule has 2 heteroatoms. The van der Waals surface area contributed by atoms with Crippen LogP contribution >= 0.6 is 0 Å². The van der Waals surface area contributed by atoms with Crippen LogP contribution in [0.15, 0.2) is 18.2 Å². The maximum Gasteiger partial charge on any atom is 0 e. The molecule has 9 heavy (non-hydrogen) atoms. The van der Waals surface area contributed by atoms with Crippen molar-refractivity contribution in [2.75, 3.05) is 5.73 Å². The van der Waals surface area contributed by atoms with Gasteiger partial charge in [0.15, 0.2) is 0 Å². The van der Waals surface area contributed by atoms with E-state index in [0.29, 0.717) is 0 Å². The summed E-state index contributed by atoms with van der Waals surface area (Å²) >= 11 is 0. The first-order chi connectivity index (χ1) is 3.80. The predicted molar refractivity (Wildman–Crippen MR) is 34.4 cm³/mol. The molecule has 0 aliphatic carbocycles. The van der Waals surface area contributed by atoms with Crippen LogP contribution in [-0.4, -0.2) is 0 Å². The van der Waals surface area contributed by atoms with Crippen LogP contribution in [0.25, 0.3) is 0 Å². The molecule has 2 N–H and O–H groups in total. The monoisotopic (exact) mass is 170 g/mol. The first-order valence-corrected chi connectivity index (χ1v) is 2.53. The van der Waals surface area contributed by atoms with E-state index in [4.69, 9.17) is 5.73 Å². The smallest absolute Gasteiger partial charge is 0 e. The minimum Gasteiger partial charge on any atom is -0.449 e. The van der Waals surface area contributed by atoms with E-state index in [1.165, 1.54) is 0 Å². The third-order valence-corrected chi connectivity index (χ3v) is 1.12. The van der Waals surface area contributed by atoms with E-state index in [1.54, 1.807) is 6.07 Å². The largest absolute Gasteiger partial charge is 0.449 e. The molecule has 0 aromatic heterocycles. The molecule has 1 aromatic rings. The van der Waals surface area contributed by atoms with Gasteiger partial charge in [-0.1, -0.05) is 12.6 Å². The molecule has 0 heterocycles. The molecular weight excluding hydrogens is 163 g/mol. The zero-order valence-electron chi connectivity index (χ0n) is 5.52. The standard InChI is InChI=1S/C7H8N.Zn/c1-6-4-2-3-5-7(6)8;/h2,4-5H,8H2,1H3;/q-1;. The molecule has 0 aliphatic heterocycles. The van der Waals surface area contributed by atoms with Crippen LogP contribution in [0.3, 0.4) is 0 Å². The normalized spacial score (nSPS) is 8.11. The summed E-state index contributed by atoms with van der Waals surface area (Å²) in [5.74, 6) is 0. The van der Waals surface area contributed by atoms with Gasteiger partial charge in [-0.15, -0.1) is 5.56 Å². The second kappa shape index (κ2) is 3.63. The Kier molecular flexibility index (Phi) is 3.48. The molecule has 0 aliphatic rings. The van der Waals surface area contributed by atoms with Gasteiger partial charge < -0.3 is 5.73 Å². The van der Waals surface area contributed by atoms with Crippen molar-refractivity contribution in [2.45, 2.75) is 6.92 Å². The van der Waals surface area contributed by atoms with Crippen molar-refractivity contribution in [3.8, 4) is 0 Å². The Morgan fingerprint density at radius 3 is 2.56 bits per heavy atom. The van der Waals surface area contributed by atoms with Crippen LogP contribution in [0.4, 0.5) is 5.69 Å². The van der Waals surface area contributed by atoms with E-state index in [1.807, 2.05) is 19.1 Å². The third kappa shape index (κ3) is 2.15. The molecule has 0 bridgehead atoms. The van der Waals surface area contributed by atoms with Crippen molar-refractivity contribution in [2.24, 2.45) is 0 Å². The zero-order chi connectivity index (χ0) is 5.98. The number of nitrogens with two attached hydrogens (primary N) is 1. The second-order valence-electron chi connectivity index (χ2n) is 1.78. The summed E-state index contributed by atoms with van der Waals surface area (Å²) < 4.78 is 0. The van der Waals surface area contributed by atoms with E-state index in [2.05, 4.69) is 6.07 Å². The van der Waals surface area contributed by atoms with Crippen molar-refractivity contribution in [3.63, 3.8) is 0 Å². The number of hydrogen-bond donors (Lipinski definition) is 1. The minimum atomic E-state index is 0. The van der Waals surface area contributed by atoms with Crippen molar-refractivity contribution in [3.05, 3.63) is 29.8 Å². The number of anilines is 1. The van der Waals surface area contributed by atoms with Crippen LogP contribution in [-0.2, 0) is 19.5 Å². The summed E-state index contributed by atoms with van der Waals surface area (Å²) in [6.07, 6.45) is 0. The van der Waals surface area contributed by atoms with Gasteiger partial charge in [0.1, 0.15) is 0 Å². The summed E-state index contributed by atoms with van der Waals surface area (Å²) in [6.45, 7) is 1.98. The van der Waals surface area contributed by atoms with Crippen LogP contribution < -0.4 is 5.73 Å². The summed E-state index contributed by atoms with van der Waals surface area (Å²) in [7, 11) is 0. The van der Waals surface area contributed by atoms with E-state index in [0.717, 1.165) is 11.3 Å². The molecule has 0 amide bonds. The van der Waals surface area contributed by atoms with Gasteiger partial charge in [-0.25, -0.2) is 0 Å². The molecule has 0 saturated heterocycles. The van der Waals surface area contributed by atoms with Crippen molar-refractivity contribution >= 4 is 5.69 Å². The van der Waals surface area contributed by atoms with Gasteiger partial charge in [0, 0.05) is 19.5 Å². The topological polar surface area (TPSA) is 26.0 Å². The Balaban J connectivity index is 0.000000640. The molecule has 0 atom stereocenters. The van der Waals surface area contributed by atoms with Crippen LogP contribution in [0.5, 0.6) is 0 Å². The fourth-order valence-corrected chi connectivity index (χ4v) is 0.521. The maximum atomic E-state index is 5.49. The van der Waals surface area contributed by atoms with Gasteiger partial charge in [-0.05, 0) is 0 Å².